The molecule has 1 aromatic carbocycles. The van der Waals surface area contributed by atoms with Crippen molar-refractivity contribution < 1.29 is 14.3 Å². The number of carbonyl (C=O) groups is 1. The Labute approximate surface area is 113 Å². The van der Waals surface area contributed by atoms with Crippen LogP contribution in [0.2, 0.25) is 0 Å². The first kappa shape index (κ1) is 13.7. The highest BCUT2D eigenvalue weighted by Gasteiger charge is 2.22. The normalized spacial score (nSPS) is 22.8. The van der Waals surface area contributed by atoms with Gasteiger partial charge in [-0.25, -0.2) is 4.79 Å². The minimum absolute atomic E-state index is 0.161. The van der Waals surface area contributed by atoms with Crippen molar-refractivity contribution in [2.75, 3.05) is 12.8 Å². The lowest BCUT2D eigenvalue weighted by molar-refractivity contribution is 0.0588. The number of nitrogen functional groups attached to an aromatic ring is 1. The van der Waals surface area contributed by atoms with Crippen molar-refractivity contribution in [3.05, 3.63) is 23.8 Å². The van der Waals surface area contributed by atoms with Crippen LogP contribution in [0.1, 0.15) is 43.0 Å². The summed E-state index contributed by atoms with van der Waals surface area (Å²) in [5.41, 5.74) is 6.80. The Morgan fingerprint density at radius 1 is 1.37 bits per heavy atom. The second kappa shape index (κ2) is 5.95. The maximum atomic E-state index is 11.7. The van der Waals surface area contributed by atoms with Gasteiger partial charge in [0.15, 0.2) is 0 Å². The number of esters is 1. The van der Waals surface area contributed by atoms with E-state index in [9.17, 15) is 4.79 Å². The van der Waals surface area contributed by atoms with Crippen LogP contribution in [0.5, 0.6) is 5.75 Å². The van der Waals surface area contributed by atoms with E-state index in [1.54, 1.807) is 18.2 Å². The quantitative estimate of drug-likeness (QED) is 0.672. The highest BCUT2D eigenvalue weighted by molar-refractivity contribution is 5.93. The molecule has 0 spiro atoms. The van der Waals surface area contributed by atoms with Gasteiger partial charge in [-0.2, -0.15) is 0 Å². The molecule has 1 aliphatic rings. The summed E-state index contributed by atoms with van der Waals surface area (Å²) in [5, 5.41) is 0. The van der Waals surface area contributed by atoms with Crippen LogP contribution >= 0.6 is 0 Å². The number of benzene rings is 1. The lowest BCUT2D eigenvalue weighted by Gasteiger charge is -2.28. The zero-order valence-electron chi connectivity index (χ0n) is 11.5. The average molecular weight is 263 g/mol. The van der Waals surface area contributed by atoms with Crippen LogP contribution < -0.4 is 10.5 Å². The topological polar surface area (TPSA) is 61.5 Å². The minimum Gasteiger partial charge on any atom is -0.489 e. The summed E-state index contributed by atoms with van der Waals surface area (Å²) in [5.74, 6) is 0.811. The summed E-state index contributed by atoms with van der Waals surface area (Å²) in [6, 6.07) is 5.04. The molecule has 0 aliphatic heterocycles. The second-order valence-electron chi connectivity index (χ2n) is 5.26. The van der Waals surface area contributed by atoms with Crippen molar-refractivity contribution >= 4 is 11.7 Å². The third-order valence-electron chi connectivity index (χ3n) is 3.59. The molecule has 104 valence electrons. The van der Waals surface area contributed by atoms with Crippen LogP contribution in [0.4, 0.5) is 5.69 Å². The zero-order chi connectivity index (χ0) is 13.8. The van der Waals surface area contributed by atoms with E-state index in [1.807, 2.05) is 0 Å². The Hall–Kier alpha value is -1.71. The van der Waals surface area contributed by atoms with Gasteiger partial charge in [-0.1, -0.05) is 13.3 Å². The molecule has 0 saturated heterocycles. The largest absolute Gasteiger partial charge is 0.489 e. The first-order valence-corrected chi connectivity index (χ1v) is 6.74. The molecular formula is C15H21NO3. The molecule has 1 saturated carbocycles. The van der Waals surface area contributed by atoms with Crippen molar-refractivity contribution in [1.29, 1.82) is 0 Å². The van der Waals surface area contributed by atoms with Gasteiger partial charge in [0.2, 0.25) is 0 Å². The average Bonchev–Trinajstić information content (AvgIpc) is 2.38. The summed E-state index contributed by atoms with van der Waals surface area (Å²) in [6.07, 6.45) is 4.63. The molecule has 1 aliphatic carbocycles. The van der Waals surface area contributed by atoms with Crippen molar-refractivity contribution in [2.45, 2.75) is 38.7 Å². The Bertz CT molecular complexity index is 459. The monoisotopic (exact) mass is 263 g/mol. The summed E-state index contributed by atoms with van der Waals surface area (Å²) in [7, 11) is 1.37. The van der Waals surface area contributed by atoms with Crippen molar-refractivity contribution in [3.63, 3.8) is 0 Å². The van der Waals surface area contributed by atoms with E-state index in [0.29, 0.717) is 22.9 Å². The molecule has 0 amide bonds. The van der Waals surface area contributed by atoms with Gasteiger partial charge in [0.25, 0.3) is 0 Å². The fraction of sp³-hybridized carbons (Fsp3) is 0.533. The molecule has 2 atom stereocenters. The second-order valence-corrected chi connectivity index (χ2v) is 5.26. The molecule has 1 aromatic rings. The molecule has 0 radical (unpaired) electrons. The van der Waals surface area contributed by atoms with E-state index in [-0.39, 0.29) is 12.1 Å². The van der Waals surface area contributed by atoms with Gasteiger partial charge in [0.1, 0.15) is 11.3 Å². The number of rotatable bonds is 3. The van der Waals surface area contributed by atoms with Crippen LogP contribution in [0.3, 0.4) is 0 Å². The number of methoxy groups -OCH3 is 1. The number of ether oxygens (including phenoxy) is 2. The van der Waals surface area contributed by atoms with Crippen LogP contribution in [-0.2, 0) is 4.74 Å². The first-order chi connectivity index (χ1) is 9.10. The standard InChI is InChI=1S/C15H21NO3/c1-10-4-3-5-12(8-10)19-14-9-11(16)6-7-13(14)15(17)18-2/h6-7,9-10,12H,3-5,8,16H2,1-2H3. The van der Waals surface area contributed by atoms with Gasteiger partial charge in [-0.15, -0.1) is 0 Å². The van der Waals surface area contributed by atoms with E-state index in [0.717, 1.165) is 12.8 Å². The molecule has 0 aromatic heterocycles. The molecule has 1 fully saturated rings. The zero-order valence-corrected chi connectivity index (χ0v) is 11.5. The molecule has 0 bridgehead atoms. The minimum atomic E-state index is -0.390. The van der Waals surface area contributed by atoms with Crippen LogP contribution in [0.15, 0.2) is 18.2 Å². The lowest BCUT2D eigenvalue weighted by atomic mass is 9.88. The molecule has 2 N–H and O–H groups in total. The van der Waals surface area contributed by atoms with Crippen molar-refractivity contribution in [1.82, 2.24) is 0 Å². The summed E-state index contributed by atoms with van der Waals surface area (Å²) in [6.45, 7) is 2.23. The highest BCUT2D eigenvalue weighted by atomic mass is 16.5. The molecule has 4 heteroatoms. The van der Waals surface area contributed by atoms with Crippen LogP contribution in [-0.4, -0.2) is 19.2 Å². The molecule has 4 nitrogen and oxygen atoms in total. The fourth-order valence-electron chi connectivity index (χ4n) is 2.58. The predicted molar refractivity (Wildman–Crippen MR) is 74.2 cm³/mol. The molecule has 19 heavy (non-hydrogen) atoms. The highest BCUT2D eigenvalue weighted by Crippen LogP contribution is 2.30. The molecule has 2 rings (SSSR count). The van der Waals surface area contributed by atoms with Gasteiger partial charge < -0.3 is 15.2 Å². The number of hydrogen-bond donors (Lipinski definition) is 1. The number of anilines is 1. The van der Waals surface area contributed by atoms with E-state index in [2.05, 4.69) is 6.92 Å². The van der Waals surface area contributed by atoms with Crippen molar-refractivity contribution in [2.24, 2.45) is 5.92 Å². The lowest BCUT2D eigenvalue weighted by Crippen LogP contribution is -2.25. The number of hydrogen-bond acceptors (Lipinski definition) is 4. The first-order valence-electron chi connectivity index (χ1n) is 6.74. The Morgan fingerprint density at radius 2 is 2.16 bits per heavy atom. The fourth-order valence-corrected chi connectivity index (χ4v) is 2.58. The van der Waals surface area contributed by atoms with E-state index < -0.39 is 0 Å². The Kier molecular flexibility index (Phi) is 4.30. The number of carbonyl (C=O) groups excluding carboxylic acids is 1. The molecule has 2 unspecified atom stereocenters. The maximum absolute atomic E-state index is 11.7. The van der Waals surface area contributed by atoms with Gasteiger partial charge in [-0.05, 0) is 37.3 Å². The number of nitrogens with two attached hydrogens (primary N) is 1. The Morgan fingerprint density at radius 3 is 2.84 bits per heavy atom. The molecule has 0 heterocycles. The van der Waals surface area contributed by atoms with Gasteiger partial charge in [0.05, 0.1) is 13.2 Å². The van der Waals surface area contributed by atoms with Gasteiger partial charge >= 0.3 is 5.97 Å². The summed E-state index contributed by atoms with van der Waals surface area (Å²) in [4.78, 5) is 11.7. The molecular weight excluding hydrogens is 242 g/mol. The maximum Gasteiger partial charge on any atom is 0.341 e. The third kappa shape index (κ3) is 3.40. The third-order valence-corrected chi connectivity index (χ3v) is 3.59. The van der Waals surface area contributed by atoms with Crippen LogP contribution in [0, 0.1) is 5.92 Å². The predicted octanol–water partition coefficient (Wildman–Crippen LogP) is 3.01. The Balaban J connectivity index is 2.18. The van der Waals surface area contributed by atoms with Crippen molar-refractivity contribution in [3.8, 4) is 5.75 Å². The smallest absolute Gasteiger partial charge is 0.341 e. The van der Waals surface area contributed by atoms with Gasteiger partial charge in [0, 0.05) is 11.8 Å². The summed E-state index contributed by atoms with van der Waals surface area (Å²) < 4.78 is 10.7. The van der Waals surface area contributed by atoms with Crippen LogP contribution in [0.25, 0.3) is 0 Å². The van der Waals surface area contributed by atoms with E-state index >= 15 is 0 Å². The van der Waals surface area contributed by atoms with E-state index in [4.69, 9.17) is 15.2 Å². The SMILES string of the molecule is COC(=O)c1ccc(N)cc1OC1CCCC(C)C1. The van der Waals surface area contributed by atoms with Gasteiger partial charge in [-0.3, -0.25) is 0 Å². The summed E-state index contributed by atoms with van der Waals surface area (Å²) >= 11 is 0. The van der Waals surface area contributed by atoms with E-state index in [1.165, 1.54) is 20.0 Å².